The molecule has 21 heavy (non-hydrogen) atoms. The lowest BCUT2D eigenvalue weighted by molar-refractivity contribution is 0.0956. The number of anilines is 2. The van der Waals surface area contributed by atoms with Crippen LogP contribution in [0.1, 0.15) is 22.8 Å². The fourth-order valence-electron chi connectivity index (χ4n) is 2.22. The fraction of sp³-hybridized carbons (Fsp3) is 0.333. The van der Waals surface area contributed by atoms with Gasteiger partial charge in [0.15, 0.2) is 0 Å². The smallest absolute Gasteiger partial charge is 0.251 e. The normalized spacial score (nSPS) is 10.4. The minimum Gasteiger partial charge on any atom is -0.397 e. The van der Waals surface area contributed by atoms with Gasteiger partial charge in [-0.25, -0.2) is 0 Å². The summed E-state index contributed by atoms with van der Waals surface area (Å²) in [5.74, 6) is -0.106. The zero-order valence-electron chi connectivity index (χ0n) is 12.6. The lowest BCUT2D eigenvalue weighted by Crippen LogP contribution is -2.23. The average Bonchev–Trinajstić information content (AvgIpc) is 2.84. The zero-order chi connectivity index (χ0) is 15.4. The molecule has 0 unspecified atom stereocenters. The Bertz CT molecular complexity index is 635. The van der Waals surface area contributed by atoms with Crippen LogP contribution in [-0.2, 0) is 13.6 Å². The lowest BCUT2D eigenvalue weighted by Gasteiger charge is -2.20. The van der Waals surface area contributed by atoms with Crippen LogP contribution in [0.2, 0.25) is 0 Å². The zero-order valence-corrected chi connectivity index (χ0v) is 12.6. The second-order valence-corrected chi connectivity index (χ2v) is 5.01. The molecule has 2 aromatic rings. The predicted octanol–water partition coefficient (Wildman–Crippen LogP) is 1.39. The van der Waals surface area contributed by atoms with Crippen molar-refractivity contribution in [2.45, 2.75) is 13.5 Å². The number of nitrogens with one attached hydrogen (secondary N) is 1. The van der Waals surface area contributed by atoms with Gasteiger partial charge in [0.1, 0.15) is 0 Å². The van der Waals surface area contributed by atoms with E-state index in [-0.39, 0.29) is 5.91 Å². The molecular weight excluding hydrogens is 266 g/mol. The van der Waals surface area contributed by atoms with Crippen molar-refractivity contribution in [1.29, 1.82) is 0 Å². The number of rotatable bonds is 5. The number of benzene rings is 1. The first-order chi connectivity index (χ1) is 10.0. The third-order valence-corrected chi connectivity index (χ3v) is 3.22. The second kappa shape index (κ2) is 6.30. The summed E-state index contributed by atoms with van der Waals surface area (Å²) in [6.45, 7) is 3.19. The van der Waals surface area contributed by atoms with E-state index >= 15 is 0 Å². The number of hydrogen-bond donors (Lipinski definition) is 2. The molecule has 0 aliphatic rings. The van der Waals surface area contributed by atoms with Gasteiger partial charge < -0.3 is 16.0 Å². The van der Waals surface area contributed by atoms with E-state index in [0.717, 1.165) is 11.3 Å². The van der Waals surface area contributed by atoms with E-state index < -0.39 is 0 Å². The summed E-state index contributed by atoms with van der Waals surface area (Å²) in [7, 11) is 3.85. The number of nitrogens with zero attached hydrogens (tertiary/aromatic N) is 3. The van der Waals surface area contributed by atoms with Crippen LogP contribution in [0, 0.1) is 0 Å². The van der Waals surface area contributed by atoms with Gasteiger partial charge in [0.2, 0.25) is 0 Å². The number of hydrogen-bond acceptors (Lipinski definition) is 4. The van der Waals surface area contributed by atoms with E-state index in [9.17, 15) is 4.79 Å². The van der Waals surface area contributed by atoms with Crippen LogP contribution >= 0.6 is 0 Å². The Morgan fingerprint density at radius 1 is 1.48 bits per heavy atom. The molecule has 3 N–H and O–H groups in total. The quantitative estimate of drug-likeness (QED) is 0.815. The molecule has 6 heteroatoms. The van der Waals surface area contributed by atoms with Crippen LogP contribution < -0.4 is 16.0 Å². The molecule has 2 rings (SSSR count). The van der Waals surface area contributed by atoms with E-state index in [1.54, 1.807) is 16.8 Å². The molecule has 1 amide bonds. The summed E-state index contributed by atoms with van der Waals surface area (Å²) in [6, 6.07) is 5.37. The maximum atomic E-state index is 11.8. The van der Waals surface area contributed by atoms with Gasteiger partial charge in [-0.2, -0.15) is 5.10 Å². The maximum Gasteiger partial charge on any atom is 0.251 e. The Balaban J connectivity index is 2.14. The monoisotopic (exact) mass is 287 g/mol. The van der Waals surface area contributed by atoms with Crippen molar-refractivity contribution in [2.75, 3.05) is 24.2 Å². The number of aromatic nitrogens is 2. The third-order valence-electron chi connectivity index (χ3n) is 3.22. The van der Waals surface area contributed by atoms with E-state index in [1.807, 2.05) is 44.4 Å². The summed E-state index contributed by atoms with van der Waals surface area (Å²) in [4.78, 5) is 13.8. The molecule has 0 fully saturated rings. The van der Waals surface area contributed by atoms with Gasteiger partial charge in [0.05, 0.1) is 17.6 Å². The van der Waals surface area contributed by atoms with Gasteiger partial charge in [0, 0.05) is 44.5 Å². The number of nitrogen functional groups attached to an aromatic ring is 1. The van der Waals surface area contributed by atoms with Gasteiger partial charge in [-0.15, -0.1) is 0 Å². The van der Waals surface area contributed by atoms with Crippen molar-refractivity contribution in [3.8, 4) is 0 Å². The summed E-state index contributed by atoms with van der Waals surface area (Å²) in [5.41, 5.74) is 9.24. The van der Waals surface area contributed by atoms with Gasteiger partial charge in [0.25, 0.3) is 5.91 Å². The van der Waals surface area contributed by atoms with Crippen molar-refractivity contribution in [3.63, 3.8) is 0 Å². The van der Waals surface area contributed by atoms with Gasteiger partial charge >= 0.3 is 0 Å². The average molecular weight is 287 g/mol. The molecular formula is C15H21N5O. The molecule has 1 aromatic carbocycles. The standard InChI is InChI=1S/C15H21N5O/c1-4-17-15(21)12-5-6-14(13(16)7-12)19(2)9-11-8-18-20(3)10-11/h5-8,10H,4,9,16H2,1-3H3,(H,17,21). The first-order valence-electron chi connectivity index (χ1n) is 6.87. The van der Waals surface area contributed by atoms with Crippen molar-refractivity contribution >= 4 is 17.3 Å². The van der Waals surface area contributed by atoms with Crippen LogP contribution in [0.5, 0.6) is 0 Å². The fourth-order valence-corrected chi connectivity index (χ4v) is 2.22. The Hall–Kier alpha value is -2.50. The third kappa shape index (κ3) is 3.53. The van der Waals surface area contributed by atoms with Crippen LogP contribution in [-0.4, -0.2) is 29.3 Å². The lowest BCUT2D eigenvalue weighted by atomic mass is 10.1. The largest absolute Gasteiger partial charge is 0.397 e. The SMILES string of the molecule is CCNC(=O)c1ccc(N(C)Cc2cnn(C)c2)c(N)c1. The molecule has 1 heterocycles. The van der Waals surface area contributed by atoms with E-state index in [0.29, 0.717) is 24.3 Å². The molecule has 1 aromatic heterocycles. The minimum absolute atomic E-state index is 0.106. The molecule has 0 spiro atoms. The molecule has 0 bridgehead atoms. The van der Waals surface area contributed by atoms with Crippen molar-refractivity contribution in [1.82, 2.24) is 15.1 Å². The first-order valence-corrected chi connectivity index (χ1v) is 6.87. The highest BCUT2D eigenvalue weighted by molar-refractivity contribution is 5.96. The number of nitrogens with two attached hydrogens (primary N) is 1. The van der Waals surface area contributed by atoms with Gasteiger partial charge in [-0.05, 0) is 25.1 Å². The van der Waals surface area contributed by atoms with Crippen LogP contribution in [0.3, 0.4) is 0 Å². The van der Waals surface area contributed by atoms with Crippen LogP contribution in [0.25, 0.3) is 0 Å². The number of carbonyl (C=O) groups is 1. The molecule has 6 nitrogen and oxygen atoms in total. The van der Waals surface area contributed by atoms with Gasteiger partial charge in [-0.3, -0.25) is 9.48 Å². The Morgan fingerprint density at radius 3 is 2.81 bits per heavy atom. The van der Waals surface area contributed by atoms with Gasteiger partial charge in [-0.1, -0.05) is 0 Å². The Morgan fingerprint density at radius 2 is 2.24 bits per heavy atom. The molecule has 0 radical (unpaired) electrons. The summed E-state index contributed by atoms with van der Waals surface area (Å²) >= 11 is 0. The van der Waals surface area contributed by atoms with E-state index in [4.69, 9.17) is 5.73 Å². The van der Waals surface area contributed by atoms with E-state index in [1.165, 1.54) is 0 Å². The van der Waals surface area contributed by atoms with Crippen molar-refractivity contribution in [2.24, 2.45) is 7.05 Å². The molecule has 0 saturated carbocycles. The minimum atomic E-state index is -0.106. The topological polar surface area (TPSA) is 76.2 Å². The summed E-state index contributed by atoms with van der Waals surface area (Å²) in [6.07, 6.45) is 3.80. The molecule has 0 aliphatic carbocycles. The highest BCUT2D eigenvalue weighted by atomic mass is 16.1. The molecule has 0 atom stereocenters. The molecule has 112 valence electrons. The Kier molecular flexibility index (Phi) is 4.47. The molecule has 0 saturated heterocycles. The van der Waals surface area contributed by atoms with Crippen molar-refractivity contribution < 1.29 is 4.79 Å². The first kappa shape index (κ1) is 14.9. The number of aryl methyl sites for hydroxylation is 1. The summed E-state index contributed by atoms with van der Waals surface area (Å²) in [5, 5.41) is 6.91. The van der Waals surface area contributed by atoms with Crippen LogP contribution in [0.4, 0.5) is 11.4 Å². The number of amides is 1. The summed E-state index contributed by atoms with van der Waals surface area (Å²) < 4.78 is 1.77. The van der Waals surface area contributed by atoms with E-state index in [2.05, 4.69) is 10.4 Å². The predicted molar refractivity (Wildman–Crippen MR) is 84.2 cm³/mol. The second-order valence-electron chi connectivity index (χ2n) is 5.01. The molecule has 0 aliphatic heterocycles. The highest BCUT2D eigenvalue weighted by Crippen LogP contribution is 2.24. The number of carbonyl (C=O) groups excluding carboxylic acids is 1. The van der Waals surface area contributed by atoms with Crippen LogP contribution in [0.15, 0.2) is 30.6 Å². The highest BCUT2D eigenvalue weighted by Gasteiger charge is 2.11. The van der Waals surface area contributed by atoms with Crippen molar-refractivity contribution in [3.05, 3.63) is 41.7 Å². The maximum absolute atomic E-state index is 11.8. The Labute approximate surface area is 124 Å².